The molecule has 5 nitrogen and oxygen atoms in total. The molecule has 2 heterocycles. The van der Waals surface area contributed by atoms with E-state index < -0.39 is 0 Å². The second kappa shape index (κ2) is 10.6. The minimum Gasteiger partial charge on any atom is -0.379 e. The number of aryl methyl sites for hydroxylation is 2. The van der Waals surface area contributed by atoms with E-state index >= 15 is 0 Å². The van der Waals surface area contributed by atoms with Gasteiger partial charge in [-0.2, -0.15) is 0 Å². The predicted molar refractivity (Wildman–Crippen MR) is 130 cm³/mol. The van der Waals surface area contributed by atoms with Gasteiger partial charge in [-0.3, -0.25) is 14.6 Å². The monoisotopic (exact) mass is 455 g/mol. The zero-order valence-corrected chi connectivity index (χ0v) is 19.8. The molecule has 0 N–H and O–H groups in total. The minimum atomic E-state index is 0.116. The number of thiazole rings is 1. The van der Waals surface area contributed by atoms with Crippen molar-refractivity contribution >= 4 is 44.4 Å². The minimum absolute atomic E-state index is 0.116. The maximum Gasteiger partial charge on any atom is 0.239 e. The number of hydrogen-bond acceptors (Lipinski definition) is 6. The molecule has 0 atom stereocenters. The first-order valence-corrected chi connectivity index (χ1v) is 12.6. The highest BCUT2D eigenvalue weighted by molar-refractivity contribution is 8.00. The number of fused-ring (bicyclic) bond motifs is 1. The van der Waals surface area contributed by atoms with Gasteiger partial charge in [0.05, 0.1) is 29.2 Å². The fraction of sp³-hybridized carbons (Fsp3) is 0.417. The number of nitrogens with zero attached hydrogens (tertiary/aromatic N) is 3. The molecule has 0 aliphatic carbocycles. The molecule has 7 heteroatoms. The van der Waals surface area contributed by atoms with Crippen molar-refractivity contribution in [2.24, 2.45) is 0 Å². The van der Waals surface area contributed by atoms with Crippen molar-refractivity contribution in [3.8, 4) is 0 Å². The van der Waals surface area contributed by atoms with E-state index in [4.69, 9.17) is 9.72 Å². The Labute approximate surface area is 192 Å². The van der Waals surface area contributed by atoms with E-state index in [0.29, 0.717) is 12.3 Å². The lowest BCUT2D eigenvalue weighted by Gasteiger charge is -2.27. The lowest BCUT2D eigenvalue weighted by atomic mass is 10.1. The first-order chi connectivity index (χ1) is 15.1. The second-order valence-corrected chi connectivity index (χ2v) is 9.85. The number of aromatic nitrogens is 1. The molecular formula is C24H29N3O2S2. The van der Waals surface area contributed by atoms with Crippen LogP contribution in [0.4, 0.5) is 5.13 Å². The Balaban J connectivity index is 1.50. The molecule has 1 saturated heterocycles. The number of rotatable bonds is 8. The van der Waals surface area contributed by atoms with Gasteiger partial charge in [0.1, 0.15) is 0 Å². The molecule has 2 aromatic carbocycles. The van der Waals surface area contributed by atoms with Gasteiger partial charge in [-0.1, -0.05) is 41.7 Å². The highest BCUT2D eigenvalue weighted by atomic mass is 32.2. The van der Waals surface area contributed by atoms with Crippen LogP contribution in [0, 0.1) is 13.8 Å². The maximum atomic E-state index is 13.3. The molecule has 0 bridgehead atoms. The number of thioether (sulfide) groups is 1. The van der Waals surface area contributed by atoms with Gasteiger partial charge in [0.2, 0.25) is 5.91 Å². The molecule has 0 saturated carbocycles. The molecule has 1 fully saturated rings. The van der Waals surface area contributed by atoms with E-state index in [1.165, 1.54) is 10.3 Å². The summed E-state index contributed by atoms with van der Waals surface area (Å²) in [6.07, 6.45) is 0.926. The van der Waals surface area contributed by atoms with Gasteiger partial charge in [0.15, 0.2) is 5.13 Å². The van der Waals surface area contributed by atoms with Gasteiger partial charge < -0.3 is 4.74 Å². The molecule has 0 spiro atoms. The molecule has 31 heavy (non-hydrogen) atoms. The fourth-order valence-electron chi connectivity index (χ4n) is 3.71. The van der Waals surface area contributed by atoms with Gasteiger partial charge in [-0.05, 0) is 43.5 Å². The number of morpholine rings is 1. The third-order valence-electron chi connectivity index (χ3n) is 5.53. The number of ether oxygens (including phenoxy) is 1. The Bertz CT molecular complexity index is 977. The zero-order valence-electron chi connectivity index (χ0n) is 18.2. The summed E-state index contributed by atoms with van der Waals surface area (Å²) < 4.78 is 6.62. The smallest absolute Gasteiger partial charge is 0.239 e. The van der Waals surface area contributed by atoms with Crippen molar-refractivity contribution in [2.75, 3.05) is 50.0 Å². The summed E-state index contributed by atoms with van der Waals surface area (Å²) in [5.74, 6) is 0.528. The highest BCUT2D eigenvalue weighted by Crippen LogP contribution is 2.33. The van der Waals surface area contributed by atoms with E-state index in [9.17, 15) is 4.79 Å². The molecule has 1 aliphatic heterocycles. The predicted octanol–water partition coefficient (Wildman–Crippen LogP) is 4.76. The van der Waals surface area contributed by atoms with Crippen molar-refractivity contribution in [2.45, 2.75) is 25.2 Å². The fourth-order valence-corrected chi connectivity index (χ4v) is 5.66. The highest BCUT2D eigenvalue weighted by Gasteiger charge is 2.21. The topological polar surface area (TPSA) is 45.7 Å². The van der Waals surface area contributed by atoms with Crippen LogP contribution in [0.2, 0.25) is 0 Å². The van der Waals surface area contributed by atoms with Gasteiger partial charge in [0.25, 0.3) is 0 Å². The van der Waals surface area contributed by atoms with Crippen molar-refractivity contribution in [3.05, 3.63) is 53.6 Å². The van der Waals surface area contributed by atoms with Gasteiger partial charge >= 0.3 is 0 Å². The van der Waals surface area contributed by atoms with E-state index in [-0.39, 0.29) is 5.91 Å². The molecule has 1 aromatic heterocycles. The van der Waals surface area contributed by atoms with Crippen molar-refractivity contribution < 1.29 is 9.53 Å². The maximum absolute atomic E-state index is 13.3. The summed E-state index contributed by atoms with van der Waals surface area (Å²) in [7, 11) is 0. The van der Waals surface area contributed by atoms with Crippen LogP contribution in [0.1, 0.15) is 17.5 Å². The van der Waals surface area contributed by atoms with Gasteiger partial charge in [0, 0.05) is 31.1 Å². The van der Waals surface area contributed by atoms with E-state index in [0.717, 1.165) is 60.4 Å². The normalized spacial score (nSPS) is 14.8. The Hall–Kier alpha value is -1.93. The standard InChI is InChI=1S/C24H29N3O2S2/c1-18-9-10-19(2)23-22(18)25-24(31-23)27(12-6-11-26-13-15-29-16-14-26)21(28)17-30-20-7-4-3-5-8-20/h3-5,7-10H,6,11-17H2,1-2H3. The second-order valence-electron chi connectivity index (χ2n) is 7.83. The third-order valence-corrected chi connectivity index (χ3v) is 7.74. The molecule has 3 aromatic rings. The summed E-state index contributed by atoms with van der Waals surface area (Å²) >= 11 is 3.22. The van der Waals surface area contributed by atoms with Crippen LogP contribution in [0.25, 0.3) is 10.2 Å². The van der Waals surface area contributed by atoms with Crippen LogP contribution in [0.5, 0.6) is 0 Å². The molecule has 1 amide bonds. The summed E-state index contributed by atoms with van der Waals surface area (Å²) in [5, 5.41) is 0.813. The van der Waals surface area contributed by atoms with Crippen LogP contribution in [0.15, 0.2) is 47.4 Å². The molecular weight excluding hydrogens is 426 g/mol. The summed E-state index contributed by atoms with van der Waals surface area (Å²) in [5.41, 5.74) is 3.38. The van der Waals surface area contributed by atoms with Gasteiger partial charge in [-0.25, -0.2) is 4.98 Å². The number of anilines is 1. The largest absolute Gasteiger partial charge is 0.379 e. The van der Waals surface area contributed by atoms with Crippen LogP contribution in [-0.4, -0.2) is 60.9 Å². The Morgan fingerprint density at radius 1 is 1.13 bits per heavy atom. The number of amides is 1. The molecule has 1 aliphatic rings. The van der Waals surface area contributed by atoms with Crippen molar-refractivity contribution in [1.29, 1.82) is 0 Å². The van der Waals surface area contributed by atoms with Crippen LogP contribution in [-0.2, 0) is 9.53 Å². The van der Waals surface area contributed by atoms with E-state index in [2.05, 4.69) is 30.9 Å². The number of hydrogen-bond donors (Lipinski definition) is 0. The lowest BCUT2D eigenvalue weighted by Crippen LogP contribution is -2.39. The van der Waals surface area contributed by atoms with Crippen LogP contribution in [0.3, 0.4) is 0 Å². The van der Waals surface area contributed by atoms with E-state index in [1.807, 2.05) is 35.2 Å². The third kappa shape index (κ3) is 5.66. The zero-order chi connectivity index (χ0) is 21.6. The Kier molecular flexibility index (Phi) is 7.61. The average molecular weight is 456 g/mol. The number of benzene rings is 2. The summed E-state index contributed by atoms with van der Waals surface area (Å²) in [6, 6.07) is 14.3. The molecule has 4 rings (SSSR count). The first kappa shape index (κ1) is 22.3. The number of carbonyl (C=O) groups excluding carboxylic acids is 1. The lowest BCUT2D eigenvalue weighted by molar-refractivity contribution is -0.116. The van der Waals surface area contributed by atoms with Crippen LogP contribution >= 0.6 is 23.1 Å². The van der Waals surface area contributed by atoms with Gasteiger partial charge in [-0.15, -0.1) is 11.8 Å². The molecule has 0 unspecified atom stereocenters. The van der Waals surface area contributed by atoms with E-state index in [1.54, 1.807) is 23.1 Å². The molecule has 164 valence electrons. The average Bonchev–Trinajstić information content (AvgIpc) is 3.25. The van der Waals surface area contributed by atoms with Crippen LogP contribution < -0.4 is 4.90 Å². The quantitative estimate of drug-likeness (QED) is 0.458. The van der Waals surface area contributed by atoms with Crippen molar-refractivity contribution in [3.63, 3.8) is 0 Å². The SMILES string of the molecule is Cc1ccc(C)c2sc(N(CCCN3CCOCC3)C(=O)CSc3ccccc3)nc12. The first-order valence-electron chi connectivity index (χ1n) is 10.8. The Morgan fingerprint density at radius 2 is 1.87 bits per heavy atom. The summed E-state index contributed by atoms with van der Waals surface area (Å²) in [4.78, 5) is 23.6. The number of carbonyl (C=O) groups is 1. The van der Waals surface area contributed by atoms with Crippen molar-refractivity contribution in [1.82, 2.24) is 9.88 Å². The summed E-state index contributed by atoms with van der Waals surface area (Å²) in [6.45, 7) is 9.39. The Morgan fingerprint density at radius 3 is 2.61 bits per heavy atom. The molecule has 0 radical (unpaired) electrons.